The highest BCUT2D eigenvalue weighted by molar-refractivity contribution is 7.99. The number of aromatic nitrogens is 1. The Bertz CT molecular complexity index is 751. The number of thiazole rings is 1. The van der Waals surface area contributed by atoms with Crippen LogP contribution in [0, 0.1) is 6.92 Å². The lowest BCUT2D eigenvalue weighted by Gasteiger charge is -2.23. The van der Waals surface area contributed by atoms with Gasteiger partial charge in [0, 0.05) is 17.7 Å². The largest absolute Gasteiger partial charge is 0.349 e. The van der Waals surface area contributed by atoms with Gasteiger partial charge in [0.25, 0.3) is 0 Å². The Morgan fingerprint density at radius 2 is 2.08 bits per heavy atom. The SMILES string of the molecule is Cc1nc(CNC(=O)[C@H]2CSCN2C(=O)NCCc2ccccc2)cs1. The van der Waals surface area contributed by atoms with Crippen molar-refractivity contribution in [1.82, 2.24) is 20.5 Å². The van der Waals surface area contributed by atoms with Crippen LogP contribution in [0.2, 0.25) is 0 Å². The summed E-state index contributed by atoms with van der Waals surface area (Å²) in [5.41, 5.74) is 2.03. The number of carbonyl (C=O) groups excluding carboxylic acids is 2. The molecule has 1 aliphatic rings. The van der Waals surface area contributed by atoms with Crippen LogP contribution < -0.4 is 10.6 Å². The van der Waals surface area contributed by atoms with E-state index in [1.165, 1.54) is 5.56 Å². The number of hydrogen-bond donors (Lipinski definition) is 2. The molecule has 26 heavy (non-hydrogen) atoms. The summed E-state index contributed by atoms with van der Waals surface area (Å²) in [4.78, 5) is 30.9. The van der Waals surface area contributed by atoms with Gasteiger partial charge in [0.05, 0.1) is 23.1 Å². The number of hydrogen-bond acceptors (Lipinski definition) is 5. The predicted octanol–water partition coefficient (Wildman–Crippen LogP) is 2.39. The van der Waals surface area contributed by atoms with E-state index in [0.717, 1.165) is 17.1 Å². The topological polar surface area (TPSA) is 74.3 Å². The van der Waals surface area contributed by atoms with Gasteiger partial charge in [-0.05, 0) is 18.9 Å². The first kappa shape index (κ1) is 18.7. The van der Waals surface area contributed by atoms with Gasteiger partial charge in [-0.2, -0.15) is 0 Å². The highest BCUT2D eigenvalue weighted by Crippen LogP contribution is 2.21. The number of nitrogens with zero attached hydrogens (tertiary/aromatic N) is 2. The monoisotopic (exact) mass is 390 g/mol. The molecule has 0 radical (unpaired) electrons. The van der Waals surface area contributed by atoms with Crippen LogP contribution in [-0.2, 0) is 17.8 Å². The molecule has 0 bridgehead atoms. The predicted molar refractivity (Wildman–Crippen MR) is 105 cm³/mol. The zero-order chi connectivity index (χ0) is 18.4. The number of benzene rings is 1. The molecule has 1 aromatic heterocycles. The summed E-state index contributed by atoms with van der Waals surface area (Å²) < 4.78 is 0. The van der Waals surface area contributed by atoms with Crippen LogP contribution in [0.25, 0.3) is 0 Å². The molecule has 2 heterocycles. The minimum Gasteiger partial charge on any atom is -0.349 e. The second-order valence-electron chi connectivity index (χ2n) is 6.03. The second kappa shape index (κ2) is 9.05. The van der Waals surface area contributed by atoms with Crippen LogP contribution in [0.3, 0.4) is 0 Å². The Morgan fingerprint density at radius 1 is 1.27 bits per heavy atom. The van der Waals surface area contributed by atoms with E-state index in [-0.39, 0.29) is 11.9 Å². The summed E-state index contributed by atoms with van der Waals surface area (Å²) in [6.07, 6.45) is 0.771. The molecule has 3 rings (SSSR count). The van der Waals surface area contributed by atoms with E-state index >= 15 is 0 Å². The Balaban J connectivity index is 1.47. The van der Waals surface area contributed by atoms with Gasteiger partial charge in [0.15, 0.2) is 0 Å². The lowest BCUT2D eigenvalue weighted by atomic mass is 10.1. The van der Waals surface area contributed by atoms with Crippen molar-refractivity contribution in [2.75, 3.05) is 18.2 Å². The highest BCUT2D eigenvalue weighted by atomic mass is 32.2. The second-order valence-corrected chi connectivity index (χ2v) is 8.09. The van der Waals surface area contributed by atoms with E-state index in [2.05, 4.69) is 15.6 Å². The minimum absolute atomic E-state index is 0.126. The lowest BCUT2D eigenvalue weighted by Crippen LogP contribution is -2.50. The Kier molecular flexibility index (Phi) is 6.51. The summed E-state index contributed by atoms with van der Waals surface area (Å²) >= 11 is 3.15. The average molecular weight is 391 g/mol. The van der Waals surface area contributed by atoms with E-state index in [1.807, 2.05) is 42.6 Å². The van der Waals surface area contributed by atoms with E-state index in [0.29, 0.717) is 24.7 Å². The first-order valence-electron chi connectivity index (χ1n) is 8.48. The third-order valence-electron chi connectivity index (χ3n) is 4.09. The molecule has 1 aliphatic heterocycles. The fourth-order valence-corrected chi connectivity index (χ4v) is 4.47. The third-order valence-corrected chi connectivity index (χ3v) is 5.92. The highest BCUT2D eigenvalue weighted by Gasteiger charge is 2.34. The van der Waals surface area contributed by atoms with Crippen LogP contribution in [0.4, 0.5) is 4.79 Å². The summed E-state index contributed by atoms with van der Waals surface area (Å²) in [6.45, 7) is 2.88. The van der Waals surface area contributed by atoms with Gasteiger partial charge in [0.1, 0.15) is 6.04 Å². The lowest BCUT2D eigenvalue weighted by molar-refractivity contribution is -0.124. The summed E-state index contributed by atoms with van der Waals surface area (Å²) in [5.74, 6) is 1.03. The van der Waals surface area contributed by atoms with Crippen molar-refractivity contribution in [3.8, 4) is 0 Å². The molecule has 1 fully saturated rings. The number of thioether (sulfide) groups is 1. The fourth-order valence-electron chi connectivity index (χ4n) is 2.70. The molecule has 1 saturated heterocycles. The van der Waals surface area contributed by atoms with Crippen molar-refractivity contribution in [2.45, 2.75) is 25.9 Å². The number of carbonyl (C=O) groups is 2. The van der Waals surface area contributed by atoms with Gasteiger partial charge < -0.3 is 15.5 Å². The van der Waals surface area contributed by atoms with E-state index in [4.69, 9.17) is 0 Å². The van der Waals surface area contributed by atoms with Crippen LogP contribution in [-0.4, -0.2) is 46.0 Å². The smallest absolute Gasteiger partial charge is 0.318 e. The van der Waals surface area contributed by atoms with E-state index in [1.54, 1.807) is 28.0 Å². The van der Waals surface area contributed by atoms with Gasteiger partial charge in [-0.3, -0.25) is 4.79 Å². The maximum Gasteiger partial charge on any atom is 0.318 e. The Morgan fingerprint density at radius 3 is 2.81 bits per heavy atom. The van der Waals surface area contributed by atoms with Crippen molar-refractivity contribution >= 4 is 35.0 Å². The normalized spacial score (nSPS) is 16.5. The van der Waals surface area contributed by atoms with Crippen molar-refractivity contribution < 1.29 is 9.59 Å². The Hall–Kier alpha value is -2.06. The summed E-state index contributed by atoms with van der Waals surface area (Å²) in [6, 6.07) is 9.39. The minimum atomic E-state index is -0.434. The standard InChI is InChI=1S/C18H22N4O2S2/c1-13-21-15(10-26-13)9-20-17(23)16-11-25-12-22(16)18(24)19-8-7-14-5-3-2-4-6-14/h2-6,10,16H,7-9,11-12H2,1H3,(H,19,24)(H,20,23)/t16-/m1/s1. The quantitative estimate of drug-likeness (QED) is 0.794. The maximum atomic E-state index is 12.5. The molecule has 0 saturated carbocycles. The number of nitrogens with one attached hydrogen (secondary N) is 2. The fraction of sp³-hybridized carbons (Fsp3) is 0.389. The molecule has 0 aliphatic carbocycles. The van der Waals surface area contributed by atoms with Crippen LogP contribution in [0.5, 0.6) is 0 Å². The van der Waals surface area contributed by atoms with Crippen molar-refractivity contribution in [3.05, 3.63) is 52.0 Å². The van der Waals surface area contributed by atoms with Gasteiger partial charge in [-0.25, -0.2) is 9.78 Å². The zero-order valence-corrected chi connectivity index (χ0v) is 16.2. The van der Waals surface area contributed by atoms with E-state index in [9.17, 15) is 9.59 Å². The van der Waals surface area contributed by atoms with Gasteiger partial charge in [-0.1, -0.05) is 30.3 Å². The summed E-state index contributed by atoms with van der Waals surface area (Å²) in [7, 11) is 0. The van der Waals surface area contributed by atoms with Gasteiger partial charge >= 0.3 is 6.03 Å². The molecule has 2 aromatic rings. The first-order valence-corrected chi connectivity index (χ1v) is 10.5. The molecule has 0 unspecified atom stereocenters. The third kappa shape index (κ3) is 4.98. The molecule has 0 spiro atoms. The van der Waals surface area contributed by atoms with Crippen molar-refractivity contribution in [2.24, 2.45) is 0 Å². The van der Waals surface area contributed by atoms with Gasteiger partial charge in [0.2, 0.25) is 5.91 Å². The van der Waals surface area contributed by atoms with Crippen molar-refractivity contribution in [3.63, 3.8) is 0 Å². The molecule has 2 N–H and O–H groups in total. The van der Waals surface area contributed by atoms with E-state index < -0.39 is 6.04 Å². The summed E-state index contributed by atoms with van der Waals surface area (Å²) in [5, 5.41) is 8.72. The molecule has 138 valence electrons. The van der Waals surface area contributed by atoms with Crippen LogP contribution >= 0.6 is 23.1 Å². The zero-order valence-electron chi connectivity index (χ0n) is 14.6. The Labute approximate surface area is 161 Å². The molecule has 3 amide bonds. The number of rotatable bonds is 6. The molecule has 1 aromatic carbocycles. The maximum absolute atomic E-state index is 12.5. The van der Waals surface area contributed by atoms with Crippen LogP contribution in [0.1, 0.15) is 16.3 Å². The molecular formula is C18H22N4O2S2. The number of amides is 3. The molecule has 1 atom stereocenters. The number of urea groups is 1. The molecule has 6 nitrogen and oxygen atoms in total. The average Bonchev–Trinajstić information content (AvgIpc) is 3.29. The number of aryl methyl sites for hydroxylation is 1. The first-order chi connectivity index (χ1) is 12.6. The van der Waals surface area contributed by atoms with Crippen LogP contribution in [0.15, 0.2) is 35.7 Å². The molecular weight excluding hydrogens is 368 g/mol. The molecule has 8 heteroatoms. The van der Waals surface area contributed by atoms with Crippen molar-refractivity contribution in [1.29, 1.82) is 0 Å². The van der Waals surface area contributed by atoms with Gasteiger partial charge in [-0.15, -0.1) is 23.1 Å².